The Labute approximate surface area is 109 Å². The van der Waals surface area contributed by atoms with Gasteiger partial charge in [0.05, 0.1) is 5.02 Å². The van der Waals surface area contributed by atoms with E-state index < -0.39 is 0 Å². The van der Waals surface area contributed by atoms with E-state index in [0.29, 0.717) is 22.6 Å². The molecule has 0 aliphatic rings. The van der Waals surface area contributed by atoms with Crippen LogP contribution in [-0.4, -0.2) is 17.4 Å². The first-order valence-electron chi connectivity index (χ1n) is 5.37. The third kappa shape index (κ3) is 2.15. The van der Waals surface area contributed by atoms with Gasteiger partial charge in [-0.15, -0.1) is 6.58 Å². The number of carbonyl (C=O) groups excluding carboxylic acids is 1. The Morgan fingerprint density at radius 3 is 3.00 bits per heavy atom. The Bertz CT molecular complexity index is 625. The molecule has 0 aliphatic carbocycles. The average Bonchev–Trinajstić information content (AvgIpc) is 2.39. The van der Waals surface area contributed by atoms with Gasteiger partial charge in [0.2, 0.25) is 0 Å². The maximum atomic E-state index is 12.0. The summed E-state index contributed by atoms with van der Waals surface area (Å²) in [7, 11) is 0. The number of halogens is 1. The first-order chi connectivity index (χ1) is 8.65. The minimum absolute atomic E-state index is 0.270. The van der Waals surface area contributed by atoms with Crippen LogP contribution >= 0.6 is 11.6 Å². The van der Waals surface area contributed by atoms with Gasteiger partial charge in [-0.05, 0) is 18.2 Å². The summed E-state index contributed by atoms with van der Waals surface area (Å²) in [6.07, 6.45) is 3.14. The number of nitrogen functional groups attached to an aromatic ring is 1. The van der Waals surface area contributed by atoms with E-state index in [1.54, 1.807) is 24.3 Å². The smallest absolute Gasteiger partial charge is 0.270 e. The largest absolute Gasteiger partial charge is 0.398 e. The molecule has 1 amide bonds. The molecule has 1 aromatic carbocycles. The van der Waals surface area contributed by atoms with Crippen molar-refractivity contribution in [3.8, 4) is 0 Å². The van der Waals surface area contributed by atoms with Gasteiger partial charge in [-0.1, -0.05) is 17.7 Å². The zero-order valence-corrected chi connectivity index (χ0v) is 10.4. The number of nitrogens with zero attached hydrogens (tertiary/aromatic N) is 1. The Hall–Kier alpha value is -2.07. The third-order valence-corrected chi connectivity index (χ3v) is 2.85. The minimum atomic E-state index is -0.298. The molecule has 2 aromatic rings. The van der Waals surface area contributed by atoms with Crippen LogP contribution in [0.1, 0.15) is 10.5 Å². The molecule has 4 nitrogen and oxygen atoms in total. The summed E-state index contributed by atoms with van der Waals surface area (Å²) in [5, 5.41) is 4.42. The average molecular weight is 262 g/mol. The van der Waals surface area contributed by atoms with Crippen LogP contribution in [-0.2, 0) is 0 Å². The van der Waals surface area contributed by atoms with Crippen LogP contribution in [0.3, 0.4) is 0 Å². The lowest BCUT2D eigenvalue weighted by molar-refractivity contribution is 0.0955. The first kappa shape index (κ1) is 12.4. The Morgan fingerprint density at radius 1 is 1.50 bits per heavy atom. The molecule has 3 N–H and O–H groups in total. The topological polar surface area (TPSA) is 68.0 Å². The van der Waals surface area contributed by atoms with Crippen LogP contribution in [0.2, 0.25) is 5.02 Å². The van der Waals surface area contributed by atoms with Gasteiger partial charge in [-0.2, -0.15) is 0 Å². The van der Waals surface area contributed by atoms with E-state index >= 15 is 0 Å². The summed E-state index contributed by atoms with van der Waals surface area (Å²) in [6.45, 7) is 3.91. The summed E-state index contributed by atoms with van der Waals surface area (Å²) >= 11 is 6.12. The van der Waals surface area contributed by atoms with E-state index in [0.717, 1.165) is 5.39 Å². The van der Waals surface area contributed by atoms with E-state index in [1.165, 1.54) is 6.20 Å². The van der Waals surface area contributed by atoms with Gasteiger partial charge in [0.15, 0.2) is 0 Å². The lowest BCUT2D eigenvalue weighted by atomic mass is 10.1. The van der Waals surface area contributed by atoms with Gasteiger partial charge in [0, 0.05) is 29.2 Å². The fourth-order valence-corrected chi connectivity index (χ4v) is 1.96. The maximum absolute atomic E-state index is 12.0. The predicted octanol–water partition coefficient (Wildman–Crippen LogP) is 2.39. The lowest BCUT2D eigenvalue weighted by Crippen LogP contribution is -2.24. The lowest BCUT2D eigenvalue weighted by Gasteiger charge is -2.08. The summed E-state index contributed by atoms with van der Waals surface area (Å²) < 4.78 is 0. The minimum Gasteiger partial charge on any atom is -0.398 e. The highest BCUT2D eigenvalue weighted by Crippen LogP contribution is 2.29. The predicted molar refractivity (Wildman–Crippen MR) is 73.7 cm³/mol. The second-order valence-electron chi connectivity index (χ2n) is 3.72. The van der Waals surface area contributed by atoms with Crippen molar-refractivity contribution in [3.63, 3.8) is 0 Å². The normalized spacial score (nSPS) is 10.3. The van der Waals surface area contributed by atoms with Gasteiger partial charge in [0.25, 0.3) is 5.91 Å². The quantitative estimate of drug-likeness (QED) is 0.658. The monoisotopic (exact) mass is 261 g/mol. The zero-order valence-electron chi connectivity index (χ0n) is 9.61. The molecule has 18 heavy (non-hydrogen) atoms. The van der Waals surface area contributed by atoms with Crippen molar-refractivity contribution in [2.45, 2.75) is 0 Å². The van der Waals surface area contributed by atoms with E-state index in [2.05, 4.69) is 16.9 Å². The molecular formula is C13H12ClN3O. The molecule has 1 aromatic heterocycles. The Balaban J connectivity index is 2.61. The molecule has 0 spiro atoms. The van der Waals surface area contributed by atoms with Crippen molar-refractivity contribution < 1.29 is 4.79 Å². The SMILES string of the molecule is C=CCNC(=O)c1nccc2c(N)ccc(Cl)c12. The molecule has 0 aliphatic heterocycles. The van der Waals surface area contributed by atoms with Crippen LogP contribution in [0.25, 0.3) is 10.8 Å². The highest BCUT2D eigenvalue weighted by atomic mass is 35.5. The number of fused-ring (bicyclic) bond motifs is 1. The number of hydrogen-bond donors (Lipinski definition) is 2. The number of hydrogen-bond acceptors (Lipinski definition) is 3. The number of nitrogens with two attached hydrogens (primary N) is 1. The van der Waals surface area contributed by atoms with Crippen molar-refractivity contribution in [1.82, 2.24) is 10.3 Å². The fourth-order valence-electron chi connectivity index (χ4n) is 1.70. The first-order valence-corrected chi connectivity index (χ1v) is 5.74. The molecule has 0 saturated heterocycles. The molecule has 2 rings (SSSR count). The second kappa shape index (κ2) is 5.06. The Kier molecular flexibility index (Phi) is 3.48. The van der Waals surface area contributed by atoms with Gasteiger partial charge in [-0.25, -0.2) is 0 Å². The summed E-state index contributed by atoms with van der Waals surface area (Å²) in [5.41, 5.74) is 6.69. The van der Waals surface area contributed by atoms with Gasteiger partial charge in [0.1, 0.15) is 5.69 Å². The number of amides is 1. The number of anilines is 1. The van der Waals surface area contributed by atoms with Crippen molar-refractivity contribution in [1.29, 1.82) is 0 Å². The number of rotatable bonds is 3. The zero-order chi connectivity index (χ0) is 13.1. The van der Waals surface area contributed by atoms with Crippen LogP contribution in [0.15, 0.2) is 37.1 Å². The van der Waals surface area contributed by atoms with Crippen molar-refractivity contribution in [3.05, 3.63) is 47.8 Å². The van der Waals surface area contributed by atoms with E-state index in [-0.39, 0.29) is 11.6 Å². The van der Waals surface area contributed by atoms with Crippen molar-refractivity contribution in [2.75, 3.05) is 12.3 Å². The number of carbonyl (C=O) groups is 1. The molecular weight excluding hydrogens is 250 g/mol. The van der Waals surface area contributed by atoms with Gasteiger partial charge >= 0.3 is 0 Å². The molecule has 0 saturated carbocycles. The van der Waals surface area contributed by atoms with Crippen LogP contribution < -0.4 is 11.1 Å². The summed E-state index contributed by atoms with van der Waals surface area (Å²) in [6, 6.07) is 5.10. The summed E-state index contributed by atoms with van der Waals surface area (Å²) in [5.74, 6) is -0.298. The molecule has 0 fully saturated rings. The molecule has 92 valence electrons. The van der Waals surface area contributed by atoms with E-state index in [9.17, 15) is 4.79 Å². The molecule has 0 radical (unpaired) electrons. The van der Waals surface area contributed by atoms with Crippen LogP contribution in [0.5, 0.6) is 0 Å². The number of nitrogens with one attached hydrogen (secondary N) is 1. The highest BCUT2D eigenvalue weighted by Gasteiger charge is 2.14. The van der Waals surface area contributed by atoms with Gasteiger partial charge in [-0.3, -0.25) is 9.78 Å². The molecule has 0 bridgehead atoms. The van der Waals surface area contributed by atoms with Crippen LogP contribution in [0, 0.1) is 0 Å². The standard InChI is InChI=1S/C13H12ClN3O/c1-2-6-17-13(18)12-11-8(5-7-16-12)10(15)4-3-9(11)14/h2-5,7H,1,6,15H2,(H,17,18). The molecule has 5 heteroatoms. The molecule has 1 heterocycles. The third-order valence-electron chi connectivity index (χ3n) is 2.53. The van der Waals surface area contributed by atoms with Crippen molar-refractivity contribution in [2.24, 2.45) is 0 Å². The van der Waals surface area contributed by atoms with E-state index in [4.69, 9.17) is 17.3 Å². The fraction of sp³-hybridized carbons (Fsp3) is 0.0769. The van der Waals surface area contributed by atoms with Crippen molar-refractivity contribution >= 4 is 34.0 Å². The van der Waals surface area contributed by atoms with Gasteiger partial charge < -0.3 is 11.1 Å². The van der Waals surface area contributed by atoms with Crippen LogP contribution in [0.4, 0.5) is 5.69 Å². The number of pyridine rings is 1. The molecule has 0 atom stereocenters. The molecule has 0 unspecified atom stereocenters. The maximum Gasteiger partial charge on any atom is 0.270 e. The number of benzene rings is 1. The Morgan fingerprint density at radius 2 is 2.28 bits per heavy atom. The summed E-state index contributed by atoms with van der Waals surface area (Å²) in [4.78, 5) is 16.0. The number of aromatic nitrogens is 1. The highest BCUT2D eigenvalue weighted by molar-refractivity contribution is 6.37. The second-order valence-corrected chi connectivity index (χ2v) is 4.12. The van der Waals surface area contributed by atoms with E-state index in [1.807, 2.05) is 0 Å².